The van der Waals surface area contributed by atoms with Crippen LogP contribution in [0.3, 0.4) is 0 Å². The fraction of sp³-hybridized carbons (Fsp3) is 0. The van der Waals surface area contributed by atoms with Crippen LogP contribution in [0, 0.1) is 0 Å². The van der Waals surface area contributed by atoms with Gasteiger partial charge in [0.25, 0.3) is 0 Å². The average molecular weight is 398 g/mol. The topological polar surface area (TPSA) is 124 Å². The van der Waals surface area contributed by atoms with Gasteiger partial charge in [0, 0.05) is 15.6 Å². The number of anilines is 1. The second-order valence-electron chi connectivity index (χ2n) is 4.74. The minimum absolute atomic E-state index is 0.0221. The molecule has 7 nitrogen and oxygen atoms in total. The van der Waals surface area contributed by atoms with E-state index in [1.165, 1.54) is 12.1 Å². The Balaban J connectivity index is 2.31. The van der Waals surface area contributed by atoms with Gasteiger partial charge >= 0.3 is 10.4 Å². The van der Waals surface area contributed by atoms with E-state index in [2.05, 4.69) is 20.1 Å². The lowest BCUT2D eigenvalue weighted by atomic mass is 9.83. The Hall–Kier alpha value is -2.23. The molecule has 1 aliphatic rings. The number of hydrogen-bond acceptors (Lipinski definition) is 6. The summed E-state index contributed by atoms with van der Waals surface area (Å²) >= 11 is 3.11. The van der Waals surface area contributed by atoms with Crippen LogP contribution < -0.4 is 9.92 Å². The molecule has 0 aromatic heterocycles. The van der Waals surface area contributed by atoms with Crippen LogP contribution in [0.15, 0.2) is 34.8 Å². The van der Waals surface area contributed by atoms with Crippen LogP contribution in [0.25, 0.3) is 0 Å². The highest BCUT2D eigenvalue weighted by Crippen LogP contribution is 2.40. The number of ketones is 2. The molecule has 1 aliphatic carbocycles. The fourth-order valence-electron chi connectivity index (χ4n) is 2.43. The molecule has 2 aromatic carbocycles. The van der Waals surface area contributed by atoms with Crippen LogP contribution in [0.1, 0.15) is 31.8 Å². The Bertz CT molecular complexity index is 983. The predicted molar refractivity (Wildman–Crippen MR) is 84.0 cm³/mol. The zero-order valence-electron chi connectivity index (χ0n) is 11.2. The molecule has 0 bridgehead atoms. The second-order valence-corrected chi connectivity index (χ2v) is 6.61. The third-order valence-electron chi connectivity index (χ3n) is 3.35. The molecular weight excluding hydrogens is 390 g/mol. The molecule has 0 spiro atoms. The maximum absolute atomic E-state index is 12.6. The summed E-state index contributed by atoms with van der Waals surface area (Å²) in [6.07, 6.45) is 0. The van der Waals surface area contributed by atoms with Crippen molar-refractivity contribution in [3.8, 4) is 5.75 Å². The van der Waals surface area contributed by atoms with Gasteiger partial charge in [0.2, 0.25) is 0 Å². The summed E-state index contributed by atoms with van der Waals surface area (Å²) in [5.74, 6) is -1.40. The molecule has 118 valence electrons. The van der Waals surface area contributed by atoms with Crippen molar-refractivity contribution in [1.29, 1.82) is 0 Å². The Kier molecular flexibility index (Phi) is 3.51. The number of rotatable bonds is 2. The first-order valence-electron chi connectivity index (χ1n) is 6.18. The van der Waals surface area contributed by atoms with Gasteiger partial charge in [-0.1, -0.05) is 24.3 Å². The number of nitrogen functional groups attached to an aromatic ring is 1. The van der Waals surface area contributed by atoms with Crippen molar-refractivity contribution < 1.29 is 26.7 Å². The molecule has 0 unspecified atom stereocenters. The van der Waals surface area contributed by atoms with Crippen molar-refractivity contribution in [2.24, 2.45) is 0 Å². The lowest BCUT2D eigenvalue weighted by Gasteiger charge is -2.21. The van der Waals surface area contributed by atoms with Crippen LogP contribution in [0.5, 0.6) is 5.75 Å². The van der Waals surface area contributed by atoms with Crippen molar-refractivity contribution in [2.75, 3.05) is 5.73 Å². The molecule has 0 amide bonds. The molecule has 9 heteroatoms. The SMILES string of the molecule is Nc1c(OS(=O)(=O)O)cc(Br)c2c1C(=O)c1ccccc1C2=O. The number of nitrogens with two attached hydrogens (primary N) is 1. The normalized spacial score (nSPS) is 13.5. The first-order chi connectivity index (χ1) is 10.7. The van der Waals surface area contributed by atoms with Crippen molar-refractivity contribution in [1.82, 2.24) is 0 Å². The molecule has 0 aliphatic heterocycles. The largest absolute Gasteiger partial charge is 0.446 e. The molecule has 3 N–H and O–H groups in total. The van der Waals surface area contributed by atoms with Crippen LogP contribution in [0.2, 0.25) is 0 Å². The zero-order valence-corrected chi connectivity index (χ0v) is 13.6. The van der Waals surface area contributed by atoms with E-state index in [1.54, 1.807) is 12.1 Å². The highest BCUT2D eigenvalue weighted by molar-refractivity contribution is 9.10. The summed E-state index contributed by atoms with van der Waals surface area (Å²) in [6.45, 7) is 0. The smallest absolute Gasteiger partial charge is 0.395 e. The molecule has 23 heavy (non-hydrogen) atoms. The van der Waals surface area contributed by atoms with E-state index in [4.69, 9.17) is 10.3 Å². The summed E-state index contributed by atoms with van der Waals surface area (Å²) < 4.78 is 35.1. The van der Waals surface area contributed by atoms with Gasteiger partial charge in [-0.05, 0) is 22.0 Å². The number of fused-ring (bicyclic) bond motifs is 2. The minimum atomic E-state index is -4.83. The monoisotopic (exact) mass is 397 g/mol. The molecular formula is C14H8BrNO6S. The van der Waals surface area contributed by atoms with Gasteiger partial charge in [-0.25, -0.2) is 0 Å². The number of carbonyl (C=O) groups is 2. The quantitative estimate of drug-likeness (QED) is 0.500. The summed E-state index contributed by atoms with van der Waals surface area (Å²) in [5.41, 5.74) is 5.70. The Morgan fingerprint density at radius 3 is 2.09 bits per heavy atom. The number of hydrogen-bond donors (Lipinski definition) is 2. The van der Waals surface area contributed by atoms with E-state index in [0.717, 1.165) is 6.07 Å². The molecule has 0 fully saturated rings. The lowest BCUT2D eigenvalue weighted by molar-refractivity contribution is 0.0979. The number of halogens is 1. The number of carbonyl (C=O) groups excluding carboxylic acids is 2. The zero-order chi connectivity index (χ0) is 16.9. The van der Waals surface area contributed by atoms with Gasteiger partial charge in [0.1, 0.15) is 0 Å². The van der Waals surface area contributed by atoms with Crippen LogP contribution >= 0.6 is 15.9 Å². The molecule has 0 saturated carbocycles. The maximum Gasteiger partial charge on any atom is 0.446 e. The van der Waals surface area contributed by atoms with E-state index >= 15 is 0 Å². The van der Waals surface area contributed by atoms with E-state index in [0.29, 0.717) is 0 Å². The van der Waals surface area contributed by atoms with Gasteiger partial charge < -0.3 is 9.92 Å². The lowest BCUT2D eigenvalue weighted by Crippen LogP contribution is -2.23. The summed E-state index contributed by atoms with van der Waals surface area (Å²) in [4.78, 5) is 25.2. The van der Waals surface area contributed by atoms with E-state index < -0.39 is 27.7 Å². The van der Waals surface area contributed by atoms with Crippen LogP contribution in [0.4, 0.5) is 5.69 Å². The molecule has 0 atom stereocenters. The highest BCUT2D eigenvalue weighted by Gasteiger charge is 2.34. The van der Waals surface area contributed by atoms with Gasteiger partial charge in [-0.3, -0.25) is 14.1 Å². The third kappa shape index (κ3) is 2.52. The average Bonchev–Trinajstić information content (AvgIpc) is 2.46. The van der Waals surface area contributed by atoms with E-state index in [-0.39, 0.29) is 32.4 Å². The molecule has 2 aromatic rings. The van der Waals surface area contributed by atoms with E-state index in [9.17, 15) is 18.0 Å². The minimum Gasteiger partial charge on any atom is -0.395 e. The van der Waals surface area contributed by atoms with Gasteiger partial charge in [0.15, 0.2) is 17.3 Å². The predicted octanol–water partition coefficient (Wildman–Crippen LogP) is 1.99. The number of benzene rings is 2. The molecule has 0 heterocycles. The van der Waals surface area contributed by atoms with E-state index in [1.807, 2.05) is 0 Å². The summed E-state index contributed by atoms with van der Waals surface area (Å²) in [6, 6.07) is 7.33. The standard InChI is InChI=1S/C14H8BrNO6S/c15-8-5-9(22-23(19,20)21)12(16)11-10(8)13(17)6-3-1-2-4-7(6)14(11)18/h1-5H,16H2,(H,19,20,21). The molecule has 0 radical (unpaired) electrons. The molecule has 0 saturated heterocycles. The van der Waals surface area contributed by atoms with Gasteiger partial charge in [-0.2, -0.15) is 8.42 Å². The highest BCUT2D eigenvalue weighted by atomic mass is 79.9. The first kappa shape index (κ1) is 15.7. The van der Waals surface area contributed by atoms with Crippen molar-refractivity contribution in [3.05, 3.63) is 57.1 Å². The third-order valence-corrected chi connectivity index (χ3v) is 4.36. The van der Waals surface area contributed by atoms with Crippen LogP contribution in [-0.2, 0) is 10.4 Å². The maximum atomic E-state index is 12.6. The van der Waals surface area contributed by atoms with Crippen molar-refractivity contribution in [3.63, 3.8) is 0 Å². The van der Waals surface area contributed by atoms with Gasteiger partial charge in [-0.15, -0.1) is 0 Å². The van der Waals surface area contributed by atoms with Gasteiger partial charge in [0.05, 0.1) is 16.8 Å². The summed E-state index contributed by atoms with van der Waals surface area (Å²) in [5, 5.41) is 0. The van der Waals surface area contributed by atoms with Crippen LogP contribution in [-0.4, -0.2) is 24.5 Å². The van der Waals surface area contributed by atoms with Crippen molar-refractivity contribution >= 4 is 43.6 Å². The summed E-state index contributed by atoms with van der Waals surface area (Å²) in [7, 11) is -4.83. The molecule has 3 rings (SSSR count). The first-order valence-corrected chi connectivity index (χ1v) is 8.34. The second kappa shape index (κ2) is 5.15. The fourth-order valence-corrected chi connectivity index (χ4v) is 3.38. The Labute approximate surface area is 139 Å². The Morgan fingerprint density at radius 1 is 1.04 bits per heavy atom. The Morgan fingerprint density at radius 2 is 1.57 bits per heavy atom. The van der Waals surface area contributed by atoms with Crippen molar-refractivity contribution in [2.45, 2.75) is 0 Å².